The summed E-state index contributed by atoms with van der Waals surface area (Å²) in [6, 6.07) is 8.43. The molecule has 0 bridgehead atoms. The van der Waals surface area contributed by atoms with E-state index in [-0.39, 0.29) is 0 Å². The summed E-state index contributed by atoms with van der Waals surface area (Å²) >= 11 is 0. The molecule has 1 fully saturated rings. The SMILES string of the molecule is Cc1cccc(CN=C(N)N2CCCC(C)C2)c1. The van der Waals surface area contributed by atoms with Crippen molar-refractivity contribution < 1.29 is 0 Å². The molecule has 1 aliphatic rings. The fourth-order valence-corrected chi connectivity index (χ4v) is 2.48. The minimum atomic E-state index is 0.679. The highest BCUT2D eigenvalue weighted by atomic mass is 15.3. The maximum Gasteiger partial charge on any atom is 0.191 e. The van der Waals surface area contributed by atoms with Crippen LogP contribution in [-0.4, -0.2) is 23.9 Å². The largest absolute Gasteiger partial charge is 0.370 e. The highest BCUT2D eigenvalue weighted by molar-refractivity contribution is 5.78. The summed E-state index contributed by atoms with van der Waals surface area (Å²) in [6.45, 7) is 7.15. The minimum absolute atomic E-state index is 0.679. The maximum absolute atomic E-state index is 6.07. The number of nitrogens with two attached hydrogens (primary N) is 1. The Bertz CT molecular complexity index is 426. The van der Waals surface area contributed by atoms with E-state index in [4.69, 9.17) is 5.73 Å². The normalized spacial score (nSPS) is 21.1. The second-order valence-electron chi connectivity index (χ2n) is 5.36. The van der Waals surface area contributed by atoms with E-state index in [1.165, 1.54) is 24.0 Å². The van der Waals surface area contributed by atoms with Gasteiger partial charge >= 0.3 is 0 Å². The van der Waals surface area contributed by atoms with Crippen molar-refractivity contribution in [1.82, 2.24) is 4.90 Å². The summed E-state index contributed by atoms with van der Waals surface area (Å²) in [6.07, 6.45) is 2.53. The fourth-order valence-electron chi connectivity index (χ4n) is 2.48. The van der Waals surface area contributed by atoms with Gasteiger partial charge in [-0.1, -0.05) is 36.8 Å². The minimum Gasteiger partial charge on any atom is -0.370 e. The lowest BCUT2D eigenvalue weighted by molar-refractivity contribution is 0.270. The third-order valence-corrected chi connectivity index (χ3v) is 3.49. The maximum atomic E-state index is 6.07. The Balaban J connectivity index is 1.96. The average molecular weight is 245 g/mol. The van der Waals surface area contributed by atoms with E-state index in [1.807, 2.05) is 0 Å². The first-order chi connectivity index (χ1) is 8.65. The second-order valence-corrected chi connectivity index (χ2v) is 5.36. The van der Waals surface area contributed by atoms with Crippen LogP contribution in [0.1, 0.15) is 30.9 Å². The van der Waals surface area contributed by atoms with Gasteiger partial charge < -0.3 is 10.6 Å². The molecule has 1 aromatic carbocycles. The van der Waals surface area contributed by atoms with Gasteiger partial charge in [-0.2, -0.15) is 0 Å². The molecule has 0 aromatic heterocycles. The molecule has 0 spiro atoms. The first kappa shape index (κ1) is 12.9. The number of piperidine rings is 1. The molecule has 1 aromatic rings. The van der Waals surface area contributed by atoms with Crippen LogP contribution in [-0.2, 0) is 6.54 Å². The summed E-state index contributed by atoms with van der Waals surface area (Å²) in [4.78, 5) is 6.73. The van der Waals surface area contributed by atoms with E-state index < -0.39 is 0 Å². The van der Waals surface area contributed by atoms with Crippen LogP contribution in [0.25, 0.3) is 0 Å². The molecule has 0 aliphatic carbocycles. The van der Waals surface area contributed by atoms with Crippen LogP contribution in [0.5, 0.6) is 0 Å². The molecular formula is C15H23N3. The predicted molar refractivity (Wildman–Crippen MR) is 76.5 cm³/mol. The van der Waals surface area contributed by atoms with E-state index in [1.54, 1.807) is 0 Å². The van der Waals surface area contributed by atoms with Gasteiger partial charge in [0.15, 0.2) is 5.96 Å². The molecular weight excluding hydrogens is 222 g/mol. The van der Waals surface area contributed by atoms with Crippen molar-refractivity contribution in [2.45, 2.75) is 33.2 Å². The molecule has 1 saturated heterocycles. The zero-order valence-corrected chi connectivity index (χ0v) is 11.4. The molecule has 2 rings (SSSR count). The molecule has 0 radical (unpaired) electrons. The van der Waals surface area contributed by atoms with Gasteiger partial charge in [0.05, 0.1) is 6.54 Å². The van der Waals surface area contributed by atoms with Crippen LogP contribution in [0.3, 0.4) is 0 Å². The molecule has 3 nitrogen and oxygen atoms in total. The zero-order chi connectivity index (χ0) is 13.0. The van der Waals surface area contributed by atoms with Gasteiger partial charge in [-0.25, -0.2) is 4.99 Å². The van der Waals surface area contributed by atoms with Crippen molar-refractivity contribution in [1.29, 1.82) is 0 Å². The monoisotopic (exact) mass is 245 g/mol. The molecule has 3 heteroatoms. The van der Waals surface area contributed by atoms with Gasteiger partial charge in [0.1, 0.15) is 0 Å². The summed E-state index contributed by atoms with van der Waals surface area (Å²) in [5, 5.41) is 0. The van der Waals surface area contributed by atoms with Crippen LogP contribution < -0.4 is 5.73 Å². The Hall–Kier alpha value is -1.51. The third kappa shape index (κ3) is 3.49. The van der Waals surface area contributed by atoms with Crippen molar-refractivity contribution >= 4 is 5.96 Å². The number of aryl methyl sites for hydroxylation is 1. The van der Waals surface area contributed by atoms with Gasteiger partial charge in [0.25, 0.3) is 0 Å². The molecule has 0 saturated carbocycles. The number of guanidine groups is 1. The highest BCUT2D eigenvalue weighted by Crippen LogP contribution is 2.15. The number of aliphatic imine (C=N–C) groups is 1. The number of rotatable bonds is 2. The molecule has 1 aliphatic heterocycles. The summed E-state index contributed by atoms with van der Waals surface area (Å²) < 4.78 is 0. The Morgan fingerprint density at radius 2 is 2.33 bits per heavy atom. The smallest absolute Gasteiger partial charge is 0.191 e. The van der Waals surface area contributed by atoms with Gasteiger partial charge in [0.2, 0.25) is 0 Å². The Morgan fingerprint density at radius 3 is 3.06 bits per heavy atom. The van der Waals surface area contributed by atoms with Crippen molar-refractivity contribution in [2.24, 2.45) is 16.6 Å². The standard InChI is InChI=1S/C15H23N3/c1-12-5-3-7-14(9-12)10-17-15(16)18-8-4-6-13(2)11-18/h3,5,7,9,13H,4,6,8,10-11H2,1-2H3,(H2,16,17). The average Bonchev–Trinajstić information content (AvgIpc) is 2.36. The lowest BCUT2D eigenvalue weighted by atomic mass is 10.0. The first-order valence-electron chi connectivity index (χ1n) is 6.75. The first-order valence-corrected chi connectivity index (χ1v) is 6.75. The zero-order valence-electron chi connectivity index (χ0n) is 11.4. The Morgan fingerprint density at radius 1 is 1.50 bits per heavy atom. The molecule has 18 heavy (non-hydrogen) atoms. The van der Waals surface area contributed by atoms with Crippen molar-refractivity contribution in [3.8, 4) is 0 Å². The van der Waals surface area contributed by atoms with Crippen LogP contribution in [0.15, 0.2) is 29.3 Å². The molecule has 98 valence electrons. The summed E-state index contributed by atoms with van der Waals surface area (Å²) in [5.41, 5.74) is 8.57. The van der Waals surface area contributed by atoms with Crippen LogP contribution in [0, 0.1) is 12.8 Å². The number of hydrogen-bond acceptors (Lipinski definition) is 1. The topological polar surface area (TPSA) is 41.6 Å². The summed E-state index contributed by atoms with van der Waals surface area (Å²) in [5.74, 6) is 1.43. The van der Waals surface area contributed by atoms with Gasteiger partial charge in [0, 0.05) is 13.1 Å². The number of benzene rings is 1. The molecule has 1 heterocycles. The Labute approximate surface area is 110 Å². The third-order valence-electron chi connectivity index (χ3n) is 3.49. The fraction of sp³-hybridized carbons (Fsp3) is 0.533. The summed E-state index contributed by atoms with van der Waals surface area (Å²) in [7, 11) is 0. The lowest BCUT2D eigenvalue weighted by Gasteiger charge is -2.31. The van der Waals surface area contributed by atoms with Crippen molar-refractivity contribution in [2.75, 3.05) is 13.1 Å². The predicted octanol–water partition coefficient (Wildman–Crippen LogP) is 2.54. The van der Waals surface area contributed by atoms with Crippen molar-refractivity contribution in [3.05, 3.63) is 35.4 Å². The number of nitrogens with zero attached hydrogens (tertiary/aromatic N) is 2. The molecule has 1 unspecified atom stereocenters. The van der Waals surface area contributed by atoms with E-state index in [2.05, 4.69) is 48.0 Å². The molecule has 2 N–H and O–H groups in total. The van der Waals surface area contributed by atoms with E-state index >= 15 is 0 Å². The van der Waals surface area contributed by atoms with Gasteiger partial charge in [-0.3, -0.25) is 0 Å². The number of hydrogen-bond donors (Lipinski definition) is 1. The Kier molecular flexibility index (Phi) is 4.24. The van der Waals surface area contributed by atoms with E-state index in [9.17, 15) is 0 Å². The van der Waals surface area contributed by atoms with Crippen LogP contribution >= 0.6 is 0 Å². The molecule has 1 atom stereocenters. The van der Waals surface area contributed by atoms with E-state index in [0.717, 1.165) is 19.0 Å². The highest BCUT2D eigenvalue weighted by Gasteiger charge is 2.17. The van der Waals surface area contributed by atoms with Gasteiger partial charge in [-0.15, -0.1) is 0 Å². The van der Waals surface area contributed by atoms with Gasteiger partial charge in [-0.05, 0) is 31.2 Å². The van der Waals surface area contributed by atoms with E-state index in [0.29, 0.717) is 12.5 Å². The van der Waals surface area contributed by atoms with Crippen LogP contribution in [0.4, 0.5) is 0 Å². The second kappa shape index (κ2) is 5.89. The van der Waals surface area contributed by atoms with Crippen LogP contribution in [0.2, 0.25) is 0 Å². The lowest BCUT2D eigenvalue weighted by Crippen LogP contribution is -2.43. The van der Waals surface area contributed by atoms with Crippen molar-refractivity contribution in [3.63, 3.8) is 0 Å². The molecule has 0 amide bonds. The number of likely N-dealkylation sites (tertiary alicyclic amines) is 1. The quantitative estimate of drug-likeness (QED) is 0.642.